The molecule has 2 aliphatic heterocycles. The molecule has 0 aliphatic carbocycles. The molecule has 2 aliphatic rings. The number of phenols is 1. The van der Waals surface area contributed by atoms with Crippen molar-refractivity contribution in [3.05, 3.63) is 94.1 Å². The van der Waals surface area contributed by atoms with E-state index in [-0.39, 0.29) is 43.1 Å². The predicted molar refractivity (Wildman–Crippen MR) is 166 cm³/mol. The van der Waals surface area contributed by atoms with Gasteiger partial charge in [-0.1, -0.05) is 36.4 Å². The summed E-state index contributed by atoms with van der Waals surface area (Å²) in [5, 5.41) is 18.1. The Morgan fingerprint density at radius 1 is 1.12 bits per heavy atom. The molecule has 2 aromatic heterocycles. The van der Waals surface area contributed by atoms with Crippen molar-refractivity contribution in [1.29, 1.82) is 0 Å². The normalized spacial score (nSPS) is 19.1. The molecule has 2 atom stereocenters. The molecule has 4 heterocycles. The molecule has 6 rings (SSSR count). The molecule has 2 aromatic carbocycles. The molecule has 2 N–H and O–H groups in total. The van der Waals surface area contributed by atoms with Gasteiger partial charge in [0.25, 0.3) is 0 Å². The molecule has 0 spiro atoms. The molecule has 10 nitrogen and oxygen atoms in total. The highest BCUT2D eigenvalue weighted by atomic mass is 32.1. The number of para-hydroxylation sites is 1. The number of thiazole rings is 1. The number of nitrogens with one attached hydrogen (secondary N) is 1. The predicted octanol–water partition coefficient (Wildman–Crippen LogP) is 3.84. The van der Waals surface area contributed by atoms with Crippen LogP contribution in [0.2, 0.25) is 0 Å². The van der Waals surface area contributed by atoms with Gasteiger partial charge in [-0.15, -0.1) is 29.3 Å². The number of aromatic hydroxyl groups is 1. The number of rotatable bonds is 9. The number of urea groups is 1. The van der Waals surface area contributed by atoms with E-state index < -0.39 is 12.2 Å². The minimum absolute atomic E-state index is 0.0572. The number of aromatic nitrogens is 1. The van der Waals surface area contributed by atoms with Gasteiger partial charge in [-0.05, 0) is 47.2 Å². The van der Waals surface area contributed by atoms with Crippen molar-refractivity contribution in [3.8, 4) is 5.75 Å². The van der Waals surface area contributed by atoms with Crippen molar-refractivity contribution in [2.75, 3.05) is 26.2 Å². The molecular formula is C31H32N6O4S2. The lowest BCUT2D eigenvalue weighted by Crippen LogP contribution is -2.76. The van der Waals surface area contributed by atoms with Gasteiger partial charge < -0.3 is 20.2 Å². The number of hydrogen-bond donors (Lipinski definition) is 2. The second-order valence-electron chi connectivity index (χ2n) is 10.5. The average Bonchev–Trinajstić information content (AvgIpc) is 3.69. The van der Waals surface area contributed by atoms with Crippen LogP contribution in [0, 0.1) is 0 Å². The van der Waals surface area contributed by atoms with E-state index in [0.717, 1.165) is 21.3 Å². The Kier molecular flexibility index (Phi) is 8.41. The lowest BCUT2D eigenvalue weighted by Gasteiger charge is -2.55. The number of thiophene rings is 1. The molecule has 4 aromatic rings. The van der Waals surface area contributed by atoms with E-state index in [1.807, 2.05) is 35.7 Å². The summed E-state index contributed by atoms with van der Waals surface area (Å²) >= 11 is 3.17. The van der Waals surface area contributed by atoms with Crippen LogP contribution < -0.4 is 5.32 Å². The van der Waals surface area contributed by atoms with Gasteiger partial charge in [-0.2, -0.15) is 0 Å². The van der Waals surface area contributed by atoms with Gasteiger partial charge in [0.1, 0.15) is 18.0 Å². The number of hydrogen-bond acceptors (Lipinski definition) is 8. The zero-order valence-corrected chi connectivity index (χ0v) is 25.1. The molecular weight excluding hydrogens is 585 g/mol. The maximum Gasteiger partial charge on any atom is 0.333 e. The van der Waals surface area contributed by atoms with Crippen LogP contribution in [0.4, 0.5) is 4.79 Å². The van der Waals surface area contributed by atoms with Crippen molar-refractivity contribution in [2.45, 2.75) is 31.6 Å². The number of piperazine rings is 1. The summed E-state index contributed by atoms with van der Waals surface area (Å²) in [6.07, 6.45) is 1.88. The molecule has 43 heavy (non-hydrogen) atoms. The second-order valence-corrected chi connectivity index (χ2v) is 12.5. The number of nitrogens with zero attached hydrogens (tertiary/aromatic N) is 5. The number of carbonyl (C=O) groups is 3. The molecule has 2 saturated heterocycles. The first-order valence-electron chi connectivity index (χ1n) is 14.1. The third kappa shape index (κ3) is 5.99. The van der Waals surface area contributed by atoms with E-state index in [1.54, 1.807) is 67.0 Å². The highest BCUT2D eigenvalue weighted by molar-refractivity contribution is 7.16. The summed E-state index contributed by atoms with van der Waals surface area (Å²) in [4.78, 5) is 50.7. The number of fused-ring (bicyclic) bond motifs is 2. The Morgan fingerprint density at radius 2 is 1.95 bits per heavy atom. The maximum absolute atomic E-state index is 14.2. The van der Waals surface area contributed by atoms with Gasteiger partial charge in [0.2, 0.25) is 11.8 Å². The van der Waals surface area contributed by atoms with Crippen molar-refractivity contribution in [3.63, 3.8) is 0 Å². The lowest BCUT2D eigenvalue weighted by molar-refractivity contribution is -0.189. The Morgan fingerprint density at radius 3 is 2.72 bits per heavy atom. The minimum atomic E-state index is -0.835. The van der Waals surface area contributed by atoms with Gasteiger partial charge in [0.05, 0.1) is 28.8 Å². The third-order valence-corrected chi connectivity index (χ3v) is 9.51. The molecule has 0 saturated carbocycles. The number of hydrazine groups is 1. The standard InChI is InChI=1S/C31H32N6O4S2/c1-2-14-35-19-28(39)36-25(16-21-8-10-23(38)11-9-21)30(40)34(17-22-5-3-7-26-29(22)33-20-43-26)18-27(36)37(35)31(41)32-13-12-24-6-4-15-42-24/h2-11,15,20,25,27,38H,1,12-14,16-19H2,(H,32,41)/t25-,27-/m0/s1. The largest absolute Gasteiger partial charge is 0.508 e. The molecule has 0 unspecified atom stereocenters. The second kappa shape index (κ2) is 12.5. The van der Waals surface area contributed by atoms with Crippen LogP contribution in [0.1, 0.15) is 16.0 Å². The first-order chi connectivity index (χ1) is 20.9. The van der Waals surface area contributed by atoms with Gasteiger partial charge >= 0.3 is 6.03 Å². The van der Waals surface area contributed by atoms with Crippen molar-refractivity contribution in [2.24, 2.45) is 0 Å². The highest BCUT2D eigenvalue weighted by Crippen LogP contribution is 2.31. The maximum atomic E-state index is 14.2. The van der Waals surface area contributed by atoms with Crippen LogP contribution in [0.3, 0.4) is 0 Å². The van der Waals surface area contributed by atoms with Crippen LogP contribution in [0.5, 0.6) is 5.75 Å². The smallest absolute Gasteiger partial charge is 0.333 e. The van der Waals surface area contributed by atoms with Crippen LogP contribution >= 0.6 is 22.7 Å². The number of phenolic OH excluding ortho intramolecular Hbond substituents is 1. The summed E-state index contributed by atoms with van der Waals surface area (Å²) in [5.74, 6) is -0.304. The van der Waals surface area contributed by atoms with Gasteiger partial charge in [0.15, 0.2) is 0 Å². The van der Waals surface area contributed by atoms with E-state index in [0.29, 0.717) is 26.1 Å². The number of amides is 4. The summed E-state index contributed by atoms with van der Waals surface area (Å²) in [6, 6.07) is 15.4. The first kappa shape index (κ1) is 28.8. The van der Waals surface area contributed by atoms with Crippen LogP contribution in [-0.2, 0) is 29.0 Å². The molecule has 0 bridgehead atoms. The quantitative estimate of drug-likeness (QED) is 0.277. The third-order valence-electron chi connectivity index (χ3n) is 7.78. The fourth-order valence-corrected chi connectivity index (χ4v) is 7.24. The lowest BCUT2D eigenvalue weighted by atomic mass is 9.98. The van der Waals surface area contributed by atoms with E-state index in [9.17, 15) is 19.5 Å². The van der Waals surface area contributed by atoms with Crippen LogP contribution in [0.15, 0.2) is 78.1 Å². The molecule has 12 heteroatoms. The Labute approximate surface area is 257 Å². The summed E-state index contributed by atoms with van der Waals surface area (Å²) < 4.78 is 1.03. The average molecular weight is 617 g/mol. The topological polar surface area (TPSA) is 109 Å². The molecule has 4 amide bonds. The fraction of sp³-hybridized carbons (Fsp3) is 0.290. The monoisotopic (exact) mass is 616 g/mol. The van der Waals surface area contributed by atoms with E-state index in [4.69, 9.17) is 0 Å². The van der Waals surface area contributed by atoms with E-state index in [1.165, 1.54) is 16.2 Å². The van der Waals surface area contributed by atoms with Crippen LogP contribution in [-0.4, -0.2) is 86.1 Å². The van der Waals surface area contributed by atoms with Gasteiger partial charge in [-0.25, -0.2) is 19.8 Å². The highest BCUT2D eigenvalue weighted by Gasteiger charge is 2.51. The number of carbonyl (C=O) groups excluding carboxylic acids is 3. The zero-order chi connectivity index (χ0) is 29.9. The number of benzene rings is 2. The summed E-state index contributed by atoms with van der Waals surface area (Å²) in [5.41, 5.74) is 4.33. The molecule has 222 valence electrons. The molecule has 2 fully saturated rings. The Bertz CT molecular complexity index is 1620. The first-order valence-corrected chi connectivity index (χ1v) is 15.8. The SMILES string of the molecule is C=CCN1CC(=O)N2[C@@H](Cc3ccc(O)cc3)C(=O)N(Cc3cccc4scnc34)C[C@@H]2N1C(=O)NCCc1cccs1. The fourth-order valence-electron chi connectivity index (χ4n) is 5.81. The molecule has 0 radical (unpaired) electrons. The van der Waals surface area contributed by atoms with Gasteiger partial charge in [-0.3, -0.25) is 9.59 Å². The van der Waals surface area contributed by atoms with Crippen molar-refractivity contribution in [1.82, 2.24) is 30.1 Å². The van der Waals surface area contributed by atoms with E-state index in [2.05, 4.69) is 16.9 Å². The zero-order valence-electron chi connectivity index (χ0n) is 23.5. The summed E-state index contributed by atoms with van der Waals surface area (Å²) in [7, 11) is 0. The van der Waals surface area contributed by atoms with Crippen molar-refractivity contribution >= 4 is 50.7 Å². The van der Waals surface area contributed by atoms with Crippen LogP contribution in [0.25, 0.3) is 10.2 Å². The minimum Gasteiger partial charge on any atom is -0.508 e. The van der Waals surface area contributed by atoms with E-state index >= 15 is 0 Å². The van der Waals surface area contributed by atoms with Gasteiger partial charge in [0, 0.05) is 30.9 Å². The summed E-state index contributed by atoms with van der Waals surface area (Å²) in [6.45, 7) is 4.95. The Balaban J connectivity index is 1.34. The Hall–Kier alpha value is -4.26. The van der Waals surface area contributed by atoms with Crippen molar-refractivity contribution < 1.29 is 19.5 Å².